The smallest absolute Gasteiger partial charge is 0.359 e. The Hall–Kier alpha value is -2.90. The third-order valence-electron chi connectivity index (χ3n) is 4.43. The van der Waals surface area contributed by atoms with E-state index >= 15 is 0 Å². The molecule has 14 heteroatoms. The molecular weight excluding hydrogens is 424 g/mol. The highest BCUT2D eigenvalue weighted by molar-refractivity contribution is 5.85. The van der Waals surface area contributed by atoms with Crippen molar-refractivity contribution >= 4 is 11.7 Å². The standard InChI is InChI=1S/C16H15F6N5O3/c1-7(14(28)27-5-11(8(27)2)29-16(20,21)22)25-13-3-9(23-6-24-13)10-4-12(26-30-10)15(17,18)19/h3-4,6-8,11H,5H2,1-2H3,(H,23,24,25)/t7-,8+,11?/m1/s1. The molecule has 0 aromatic carbocycles. The minimum Gasteiger partial charge on any atom is -0.359 e. The number of aromatic nitrogens is 3. The molecule has 0 aliphatic carbocycles. The number of halogens is 6. The summed E-state index contributed by atoms with van der Waals surface area (Å²) in [5, 5.41) is 5.66. The van der Waals surface area contributed by atoms with E-state index < -0.39 is 42.3 Å². The quantitative estimate of drug-likeness (QED) is 0.716. The molecule has 3 atom stereocenters. The molecule has 3 rings (SSSR count). The Morgan fingerprint density at radius 1 is 1.27 bits per heavy atom. The van der Waals surface area contributed by atoms with E-state index in [0.29, 0.717) is 6.07 Å². The summed E-state index contributed by atoms with van der Waals surface area (Å²) in [6, 6.07) is 0.254. The van der Waals surface area contributed by atoms with Crippen molar-refractivity contribution in [3.8, 4) is 11.5 Å². The Balaban J connectivity index is 1.64. The van der Waals surface area contributed by atoms with E-state index in [0.717, 1.165) is 6.33 Å². The van der Waals surface area contributed by atoms with Crippen molar-refractivity contribution in [1.29, 1.82) is 0 Å². The third kappa shape index (κ3) is 4.80. The minimum atomic E-state index is -4.79. The summed E-state index contributed by atoms with van der Waals surface area (Å²) in [7, 11) is 0. The third-order valence-corrected chi connectivity index (χ3v) is 4.43. The van der Waals surface area contributed by atoms with E-state index in [-0.39, 0.29) is 23.8 Å². The SMILES string of the molecule is C[C@@H](Nc1cc(-c2cc(C(F)(F)F)no2)ncn1)C(=O)N1CC(OC(F)(F)F)[C@@H]1C. The molecule has 1 unspecified atom stereocenters. The molecule has 1 fully saturated rings. The Morgan fingerprint density at radius 3 is 2.53 bits per heavy atom. The molecule has 0 spiro atoms. The summed E-state index contributed by atoms with van der Waals surface area (Å²) in [5.41, 5.74) is -1.23. The predicted molar refractivity (Wildman–Crippen MR) is 87.7 cm³/mol. The summed E-state index contributed by atoms with van der Waals surface area (Å²) < 4.78 is 83.4. The van der Waals surface area contributed by atoms with Crippen molar-refractivity contribution in [3.63, 3.8) is 0 Å². The van der Waals surface area contributed by atoms with Crippen LogP contribution in [0.5, 0.6) is 0 Å². The molecule has 0 bridgehead atoms. The van der Waals surface area contributed by atoms with Gasteiger partial charge >= 0.3 is 12.5 Å². The van der Waals surface area contributed by atoms with Gasteiger partial charge in [0.1, 0.15) is 30.0 Å². The number of hydrogen-bond donors (Lipinski definition) is 1. The molecule has 8 nitrogen and oxygen atoms in total. The molecule has 30 heavy (non-hydrogen) atoms. The lowest BCUT2D eigenvalue weighted by Gasteiger charge is -2.46. The van der Waals surface area contributed by atoms with E-state index in [1.807, 2.05) is 0 Å². The van der Waals surface area contributed by atoms with Crippen LogP contribution in [0.1, 0.15) is 19.5 Å². The van der Waals surface area contributed by atoms with Gasteiger partial charge in [0, 0.05) is 18.7 Å². The van der Waals surface area contributed by atoms with Crippen molar-refractivity contribution in [2.75, 3.05) is 11.9 Å². The fourth-order valence-corrected chi connectivity index (χ4v) is 2.81. The number of likely N-dealkylation sites (tertiary alicyclic amines) is 1. The second kappa shape index (κ2) is 7.74. The molecule has 2 aromatic rings. The van der Waals surface area contributed by atoms with Gasteiger partial charge in [-0.1, -0.05) is 5.16 Å². The van der Waals surface area contributed by atoms with Crippen molar-refractivity contribution in [3.05, 3.63) is 24.2 Å². The molecule has 3 heterocycles. The lowest BCUT2D eigenvalue weighted by atomic mass is 10.00. The number of rotatable bonds is 5. The Kier molecular flexibility index (Phi) is 5.62. The first-order chi connectivity index (χ1) is 13.8. The zero-order valence-corrected chi connectivity index (χ0v) is 15.5. The van der Waals surface area contributed by atoms with Gasteiger partial charge in [0.05, 0.1) is 6.04 Å². The highest BCUT2D eigenvalue weighted by atomic mass is 19.4. The molecule has 0 saturated carbocycles. The highest BCUT2D eigenvalue weighted by Crippen LogP contribution is 2.32. The number of anilines is 1. The van der Waals surface area contributed by atoms with Crippen LogP contribution in [0.4, 0.5) is 32.2 Å². The molecule has 1 amide bonds. The molecule has 1 N–H and O–H groups in total. The molecule has 0 radical (unpaired) electrons. The van der Waals surface area contributed by atoms with E-state index in [9.17, 15) is 31.1 Å². The van der Waals surface area contributed by atoms with Gasteiger partial charge in [0.2, 0.25) is 5.91 Å². The van der Waals surface area contributed by atoms with Crippen LogP contribution in [0.15, 0.2) is 23.0 Å². The van der Waals surface area contributed by atoms with Crippen LogP contribution < -0.4 is 5.32 Å². The fraction of sp³-hybridized carbons (Fsp3) is 0.500. The first-order valence-corrected chi connectivity index (χ1v) is 8.53. The van der Waals surface area contributed by atoms with Crippen LogP contribution in [0.3, 0.4) is 0 Å². The maximum Gasteiger partial charge on any atom is 0.522 e. The zero-order valence-electron chi connectivity index (χ0n) is 15.5. The van der Waals surface area contributed by atoms with Crippen molar-refractivity contribution in [2.24, 2.45) is 0 Å². The van der Waals surface area contributed by atoms with Crippen LogP contribution in [-0.4, -0.2) is 57.0 Å². The van der Waals surface area contributed by atoms with E-state index in [1.165, 1.54) is 24.8 Å². The summed E-state index contributed by atoms with van der Waals surface area (Å²) in [5.74, 6) is -0.652. The maximum atomic E-state index is 12.6. The summed E-state index contributed by atoms with van der Waals surface area (Å²) in [6.07, 6.45) is -9.58. The number of nitrogens with one attached hydrogen (secondary N) is 1. The number of carbonyl (C=O) groups is 1. The van der Waals surface area contributed by atoms with Crippen LogP contribution in [0.2, 0.25) is 0 Å². The minimum absolute atomic E-state index is 0.00823. The first kappa shape index (κ1) is 21.8. The normalized spacial score (nSPS) is 20.6. The number of ether oxygens (including phenoxy) is 1. The predicted octanol–water partition coefficient (Wildman–Crippen LogP) is 3.09. The van der Waals surface area contributed by atoms with Gasteiger partial charge in [-0.25, -0.2) is 9.97 Å². The molecule has 2 aromatic heterocycles. The lowest BCUT2D eigenvalue weighted by Crippen LogP contribution is -2.64. The van der Waals surface area contributed by atoms with Gasteiger partial charge in [-0.3, -0.25) is 9.53 Å². The first-order valence-electron chi connectivity index (χ1n) is 8.53. The van der Waals surface area contributed by atoms with Crippen LogP contribution in [0.25, 0.3) is 11.5 Å². The summed E-state index contributed by atoms with van der Waals surface area (Å²) in [6.45, 7) is 2.67. The van der Waals surface area contributed by atoms with Crippen LogP contribution in [-0.2, 0) is 15.7 Å². The Labute approximate surface area is 165 Å². The van der Waals surface area contributed by atoms with E-state index in [4.69, 9.17) is 0 Å². The second-order valence-electron chi connectivity index (χ2n) is 6.56. The Bertz CT molecular complexity index is 915. The van der Waals surface area contributed by atoms with Gasteiger partial charge in [0.15, 0.2) is 11.5 Å². The summed E-state index contributed by atoms with van der Waals surface area (Å²) in [4.78, 5) is 21.3. The summed E-state index contributed by atoms with van der Waals surface area (Å²) >= 11 is 0. The number of amides is 1. The number of hydrogen-bond acceptors (Lipinski definition) is 7. The highest BCUT2D eigenvalue weighted by Gasteiger charge is 2.46. The molecule has 1 saturated heterocycles. The average molecular weight is 439 g/mol. The van der Waals surface area contributed by atoms with E-state index in [2.05, 4.69) is 29.7 Å². The van der Waals surface area contributed by atoms with Gasteiger partial charge in [-0.15, -0.1) is 13.2 Å². The number of alkyl halides is 6. The van der Waals surface area contributed by atoms with Crippen molar-refractivity contribution < 1.29 is 40.4 Å². The number of carbonyl (C=O) groups excluding carboxylic acids is 1. The lowest BCUT2D eigenvalue weighted by molar-refractivity contribution is -0.359. The monoisotopic (exact) mass is 439 g/mol. The number of nitrogens with zero attached hydrogens (tertiary/aromatic N) is 4. The van der Waals surface area contributed by atoms with Gasteiger partial charge in [-0.05, 0) is 13.8 Å². The zero-order chi connectivity index (χ0) is 22.3. The molecule has 1 aliphatic heterocycles. The fourth-order valence-electron chi connectivity index (χ4n) is 2.81. The molecule has 1 aliphatic rings. The van der Waals surface area contributed by atoms with Gasteiger partial charge in [0.25, 0.3) is 0 Å². The van der Waals surface area contributed by atoms with Crippen molar-refractivity contribution in [2.45, 2.75) is 44.6 Å². The van der Waals surface area contributed by atoms with Gasteiger partial charge < -0.3 is 14.7 Å². The van der Waals surface area contributed by atoms with E-state index in [1.54, 1.807) is 0 Å². The Morgan fingerprint density at radius 2 is 1.97 bits per heavy atom. The van der Waals surface area contributed by atoms with Crippen LogP contribution >= 0.6 is 0 Å². The van der Waals surface area contributed by atoms with Crippen LogP contribution in [0, 0.1) is 0 Å². The van der Waals surface area contributed by atoms with Crippen molar-refractivity contribution in [1.82, 2.24) is 20.0 Å². The average Bonchev–Trinajstić information content (AvgIpc) is 3.14. The second-order valence-corrected chi connectivity index (χ2v) is 6.56. The largest absolute Gasteiger partial charge is 0.522 e. The maximum absolute atomic E-state index is 12.6. The molecular formula is C16H15F6N5O3. The molecule has 164 valence electrons. The van der Waals surface area contributed by atoms with Gasteiger partial charge in [-0.2, -0.15) is 13.2 Å². The topological polar surface area (TPSA) is 93.4 Å².